The van der Waals surface area contributed by atoms with Gasteiger partial charge in [0.2, 0.25) is 10.0 Å². The van der Waals surface area contributed by atoms with E-state index in [1.807, 2.05) is 13.8 Å². The van der Waals surface area contributed by atoms with Crippen molar-refractivity contribution in [2.75, 3.05) is 26.0 Å². The predicted octanol–water partition coefficient (Wildman–Crippen LogP) is 0.0333. The molecule has 3 atom stereocenters. The summed E-state index contributed by atoms with van der Waals surface area (Å²) in [6.45, 7) is 6.97. The maximum Gasteiger partial charge on any atom is 0.216 e. The van der Waals surface area contributed by atoms with Crippen LogP contribution >= 0.6 is 0 Å². The van der Waals surface area contributed by atoms with Crippen molar-refractivity contribution in [1.29, 1.82) is 0 Å². The Bertz CT molecular complexity index is 318. The van der Waals surface area contributed by atoms with Gasteiger partial charge in [-0.3, -0.25) is 0 Å². The largest absolute Gasteiger partial charge is 0.381 e. The highest BCUT2D eigenvalue weighted by atomic mass is 32.2. The molecule has 0 amide bonds. The molecule has 0 aromatic carbocycles. The van der Waals surface area contributed by atoms with Crippen molar-refractivity contribution < 1.29 is 13.2 Å². The molecule has 1 fully saturated rings. The van der Waals surface area contributed by atoms with Crippen LogP contribution in [-0.4, -0.2) is 56.9 Å². The quantitative estimate of drug-likeness (QED) is 0.765. The molecule has 1 N–H and O–H groups in total. The standard InChI is InChI=1S/C10H22N2O3S/c1-8(15-4)7-16(13,14)12-6-5-11-9(2)10(12)3/h8-11H,5-7H2,1-4H3. The Morgan fingerprint density at radius 1 is 1.50 bits per heavy atom. The van der Waals surface area contributed by atoms with Gasteiger partial charge in [0.15, 0.2) is 0 Å². The van der Waals surface area contributed by atoms with Crippen LogP contribution in [0, 0.1) is 0 Å². The Labute approximate surface area is 98.2 Å². The van der Waals surface area contributed by atoms with Crippen molar-refractivity contribution in [3.8, 4) is 0 Å². The van der Waals surface area contributed by atoms with Crippen LogP contribution in [0.4, 0.5) is 0 Å². The van der Waals surface area contributed by atoms with Crippen LogP contribution in [0.3, 0.4) is 0 Å². The van der Waals surface area contributed by atoms with Crippen LogP contribution in [0.2, 0.25) is 0 Å². The van der Waals surface area contributed by atoms with E-state index in [0.717, 1.165) is 0 Å². The molecule has 1 aliphatic heterocycles. The molecular weight excluding hydrogens is 228 g/mol. The normalized spacial score (nSPS) is 30.2. The van der Waals surface area contributed by atoms with Crippen LogP contribution < -0.4 is 5.32 Å². The van der Waals surface area contributed by atoms with Gasteiger partial charge in [0.1, 0.15) is 0 Å². The van der Waals surface area contributed by atoms with Crippen molar-refractivity contribution in [3.63, 3.8) is 0 Å². The molecule has 5 nitrogen and oxygen atoms in total. The first kappa shape index (κ1) is 13.9. The summed E-state index contributed by atoms with van der Waals surface area (Å²) in [5, 5.41) is 3.26. The summed E-state index contributed by atoms with van der Waals surface area (Å²) in [5.74, 6) is 0.0561. The second-order valence-corrected chi connectivity index (χ2v) is 6.39. The number of hydrogen-bond donors (Lipinski definition) is 1. The van der Waals surface area contributed by atoms with Crippen LogP contribution in [0.25, 0.3) is 0 Å². The lowest BCUT2D eigenvalue weighted by Gasteiger charge is -2.37. The Morgan fingerprint density at radius 3 is 2.69 bits per heavy atom. The second-order valence-electron chi connectivity index (χ2n) is 4.42. The van der Waals surface area contributed by atoms with E-state index in [1.165, 1.54) is 7.11 Å². The Morgan fingerprint density at radius 2 is 2.12 bits per heavy atom. The highest BCUT2D eigenvalue weighted by Gasteiger charge is 2.33. The van der Waals surface area contributed by atoms with Crippen molar-refractivity contribution in [1.82, 2.24) is 9.62 Å². The number of rotatable bonds is 4. The lowest BCUT2D eigenvalue weighted by molar-refractivity contribution is 0.133. The smallest absolute Gasteiger partial charge is 0.216 e. The van der Waals surface area contributed by atoms with Crippen molar-refractivity contribution in [2.24, 2.45) is 0 Å². The van der Waals surface area contributed by atoms with E-state index >= 15 is 0 Å². The van der Waals surface area contributed by atoms with E-state index in [2.05, 4.69) is 5.32 Å². The first-order valence-corrected chi connectivity index (χ1v) is 7.25. The summed E-state index contributed by atoms with van der Waals surface area (Å²) in [4.78, 5) is 0. The minimum Gasteiger partial charge on any atom is -0.381 e. The molecule has 0 aromatic heterocycles. The SMILES string of the molecule is COC(C)CS(=O)(=O)N1CCNC(C)C1C. The van der Waals surface area contributed by atoms with Crippen molar-refractivity contribution >= 4 is 10.0 Å². The van der Waals surface area contributed by atoms with Gasteiger partial charge in [-0.1, -0.05) is 0 Å². The molecule has 1 saturated heterocycles. The summed E-state index contributed by atoms with van der Waals surface area (Å²) >= 11 is 0. The van der Waals surface area contributed by atoms with E-state index in [1.54, 1.807) is 11.2 Å². The molecule has 0 aliphatic carbocycles. The van der Waals surface area contributed by atoms with E-state index in [4.69, 9.17) is 4.74 Å². The lowest BCUT2D eigenvalue weighted by atomic mass is 10.1. The zero-order chi connectivity index (χ0) is 12.3. The molecule has 96 valence electrons. The summed E-state index contributed by atoms with van der Waals surface area (Å²) in [7, 11) is -1.68. The number of hydrogen-bond acceptors (Lipinski definition) is 4. The molecular formula is C10H22N2O3S. The first-order chi connectivity index (χ1) is 7.38. The third-order valence-electron chi connectivity index (χ3n) is 3.18. The van der Waals surface area contributed by atoms with Gasteiger partial charge in [-0.2, -0.15) is 4.31 Å². The van der Waals surface area contributed by atoms with Gasteiger partial charge in [-0.05, 0) is 20.8 Å². The Hall–Kier alpha value is -0.170. The van der Waals surface area contributed by atoms with E-state index in [-0.39, 0.29) is 23.9 Å². The topological polar surface area (TPSA) is 58.6 Å². The van der Waals surface area contributed by atoms with Gasteiger partial charge in [0, 0.05) is 32.3 Å². The van der Waals surface area contributed by atoms with E-state index in [9.17, 15) is 8.42 Å². The zero-order valence-electron chi connectivity index (χ0n) is 10.4. The van der Waals surface area contributed by atoms with E-state index < -0.39 is 10.0 Å². The Balaban J connectivity index is 2.74. The van der Waals surface area contributed by atoms with Crippen LogP contribution in [0.1, 0.15) is 20.8 Å². The summed E-state index contributed by atoms with van der Waals surface area (Å²) < 4.78 is 30.9. The third-order valence-corrected chi connectivity index (χ3v) is 5.30. The minimum absolute atomic E-state index is 0.00260. The average Bonchev–Trinajstić information content (AvgIpc) is 2.21. The maximum atomic E-state index is 12.1. The number of nitrogens with one attached hydrogen (secondary N) is 1. The average molecular weight is 250 g/mol. The van der Waals surface area contributed by atoms with Crippen LogP contribution in [0.15, 0.2) is 0 Å². The second kappa shape index (κ2) is 5.44. The van der Waals surface area contributed by atoms with Crippen LogP contribution in [-0.2, 0) is 14.8 Å². The summed E-state index contributed by atoms with van der Waals surface area (Å²) in [6, 6.07) is 0.198. The number of sulfonamides is 1. The molecule has 1 heterocycles. The van der Waals surface area contributed by atoms with Gasteiger partial charge in [-0.25, -0.2) is 8.42 Å². The number of nitrogens with zero attached hydrogens (tertiary/aromatic N) is 1. The van der Waals surface area contributed by atoms with E-state index in [0.29, 0.717) is 13.1 Å². The van der Waals surface area contributed by atoms with Gasteiger partial charge >= 0.3 is 0 Å². The summed E-state index contributed by atoms with van der Waals surface area (Å²) in [5.41, 5.74) is 0. The molecule has 6 heteroatoms. The molecule has 0 saturated carbocycles. The summed E-state index contributed by atoms with van der Waals surface area (Å²) in [6.07, 6.45) is -0.262. The van der Waals surface area contributed by atoms with Gasteiger partial charge in [0.25, 0.3) is 0 Å². The first-order valence-electron chi connectivity index (χ1n) is 5.64. The molecule has 0 bridgehead atoms. The van der Waals surface area contributed by atoms with Crippen LogP contribution in [0.5, 0.6) is 0 Å². The van der Waals surface area contributed by atoms with Gasteiger partial charge in [0.05, 0.1) is 11.9 Å². The maximum absolute atomic E-state index is 12.1. The fourth-order valence-electron chi connectivity index (χ4n) is 1.88. The molecule has 0 aromatic rings. The molecule has 0 radical (unpaired) electrons. The van der Waals surface area contributed by atoms with Crippen molar-refractivity contribution in [2.45, 2.75) is 39.0 Å². The molecule has 16 heavy (non-hydrogen) atoms. The highest BCUT2D eigenvalue weighted by Crippen LogP contribution is 2.15. The molecule has 3 unspecified atom stereocenters. The molecule has 0 spiro atoms. The fourth-order valence-corrected chi connectivity index (χ4v) is 3.86. The monoisotopic (exact) mass is 250 g/mol. The molecule has 1 aliphatic rings. The number of methoxy groups -OCH3 is 1. The Kier molecular flexibility index (Phi) is 4.73. The zero-order valence-corrected chi connectivity index (χ0v) is 11.3. The minimum atomic E-state index is -3.21. The highest BCUT2D eigenvalue weighted by molar-refractivity contribution is 7.89. The lowest BCUT2D eigenvalue weighted by Crippen LogP contribution is -2.58. The van der Waals surface area contributed by atoms with Crippen molar-refractivity contribution in [3.05, 3.63) is 0 Å². The third kappa shape index (κ3) is 3.16. The van der Waals surface area contributed by atoms with Gasteiger partial charge < -0.3 is 10.1 Å². The number of ether oxygens (including phenoxy) is 1. The molecule has 1 rings (SSSR count). The van der Waals surface area contributed by atoms with Gasteiger partial charge in [-0.15, -0.1) is 0 Å². The predicted molar refractivity (Wildman–Crippen MR) is 63.9 cm³/mol. The fraction of sp³-hybridized carbons (Fsp3) is 1.00. The number of piperazine rings is 1.